The molecule has 0 bridgehead atoms. The molecule has 98 valence electrons. The first-order valence-electron chi connectivity index (χ1n) is 7.01. The molecule has 2 nitrogen and oxygen atoms in total. The van der Waals surface area contributed by atoms with Gasteiger partial charge in [-0.1, -0.05) is 28.1 Å². The highest BCUT2D eigenvalue weighted by Gasteiger charge is 2.39. The van der Waals surface area contributed by atoms with Crippen molar-refractivity contribution in [3.05, 3.63) is 34.3 Å². The largest absolute Gasteiger partial charge is 0.330 e. The van der Waals surface area contributed by atoms with E-state index in [2.05, 4.69) is 45.1 Å². The molecule has 0 radical (unpaired) electrons. The summed E-state index contributed by atoms with van der Waals surface area (Å²) in [7, 11) is 0. The molecule has 2 atom stereocenters. The quantitative estimate of drug-likeness (QED) is 0.928. The van der Waals surface area contributed by atoms with Crippen LogP contribution < -0.4 is 5.73 Å². The predicted octanol–water partition coefficient (Wildman–Crippen LogP) is 3.32. The molecule has 2 fully saturated rings. The van der Waals surface area contributed by atoms with E-state index >= 15 is 0 Å². The Balaban J connectivity index is 1.91. The van der Waals surface area contributed by atoms with Gasteiger partial charge in [0.1, 0.15) is 0 Å². The van der Waals surface area contributed by atoms with Crippen LogP contribution >= 0.6 is 15.9 Å². The van der Waals surface area contributed by atoms with E-state index in [0.29, 0.717) is 12.0 Å². The lowest BCUT2D eigenvalue weighted by Crippen LogP contribution is -2.42. The molecule has 18 heavy (non-hydrogen) atoms. The zero-order valence-electron chi connectivity index (χ0n) is 10.7. The second-order valence-corrected chi connectivity index (χ2v) is 6.52. The van der Waals surface area contributed by atoms with Crippen LogP contribution in [0.1, 0.15) is 37.3 Å². The Morgan fingerprint density at radius 1 is 1.28 bits per heavy atom. The molecule has 1 aliphatic heterocycles. The number of hydrogen-bond acceptors (Lipinski definition) is 2. The Morgan fingerprint density at radius 2 is 2.11 bits per heavy atom. The molecule has 3 rings (SSSR count). The molecule has 0 aromatic heterocycles. The summed E-state index contributed by atoms with van der Waals surface area (Å²) in [5, 5.41) is 0. The summed E-state index contributed by atoms with van der Waals surface area (Å²) in [4.78, 5) is 2.71. The SMILES string of the molecule is NCC1CCCN(C2CC2)C1c1cccc(Br)c1. The Hall–Kier alpha value is -0.380. The Morgan fingerprint density at radius 3 is 2.78 bits per heavy atom. The van der Waals surface area contributed by atoms with Gasteiger partial charge in [0.2, 0.25) is 0 Å². The van der Waals surface area contributed by atoms with Crippen LogP contribution in [0.2, 0.25) is 0 Å². The van der Waals surface area contributed by atoms with Crippen molar-refractivity contribution in [3.63, 3.8) is 0 Å². The van der Waals surface area contributed by atoms with Gasteiger partial charge < -0.3 is 5.73 Å². The smallest absolute Gasteiger partial charge is 0.0391 e. The van der Waals surface area contributed by atoms with Crippen LogP contribution in [-0.4, -0.2) is 24.0 Å². The van der Waals surface area contributed by atoms with Crippen LogP contribution in [0.5, 0.6) is 0 Å². The molecule has 2 unspecified atom stereocenters. The molecule has 3 heteroatoms. The van der Waals surface area contributed by atoms with E-state index in [9.17, 15) is 0 Å². The number of nitrogens with two attached hydrogens (primary N) is 1. The Bertz CT molecular complexity index is 417. The number of likely N-dealkylation sites (tertiary alicyclic amines) is 1. The van der Waals surface area contributed by atoms with E-state index in [1.165, 1.54) is 42.3 Å². The molecule has 1 heterocycles. The van der Waals surface area contributed by atoms with Gasteiger partial charge in [0.25, 0.3) is 0 Å². The van der Waals surface area contributed by atoms with Crippen LogP contribution in [0.3, 0.4) is 0 Å². The van der Waals surface area contributed by atoms with Gasteiger partial charge in [-0.3, -0.25) is 4.90 Å². The molecular weight excluding hydrogens is 288 g/mol. The summed E-state index contributed by atoms with van der Waals surface area (Å²) >= 11 is 3.59. The summed E-state index contributed by atoms with van der Waals surface area (Å²) in [5.74, 6) is 0.619. The lowest BCUT2D eigenvalue weighted by Gasteiger charge is -2.41. The van der Waals surface area contributed by atoms with Gasteiger partial charge in [-0.05, 0) is 62.4 Å². The molecule has 1 saturated heterocycles. The molecule has 2 aliphatic rings. The number of nitrogens with zero attached hydrogens (tertiary/aromatic N) is 1. The molecule has 0 amide bonds. The normalized spacial score (nSPS) is 29.4. The van der Waals surface area contributed by atoms with Gasteiger partial charge in [-0.25, -0.2) is 0 Å². The summed E-state index contributed by atoms with van der Waals surface area (Å²) < 4.78 is 1.18. The minimum absolute atomic E-state index is 0.536. The zero-order valence-corrected chi connectivity index (χ0v) is 12.3. The minimum atomic E-state index is 0.536. The molecule has 1 saturated carbocycles. The molecule has 1 aromatic rings. The average Bonchev–Trinajstić information content (AvgIpc) is 3.22. The fourth-order valence-electron chi connectivity index (χ4n) is 3.32. The summed E-state index contributed by atoms with van der Waals surface area (Å²) in [6.45, 7) is 2.05. The summed E-state index contributed by atoms with van der Waals surface area (Å²) in [5.41, 5.74) is 7.45. The van der Waals surface area contributed by atoms with Gasteiger partial charge in [0.05, 0.1) is 0 Å². The zero-order chi connectivity index (χ0) is 12.5. The van der Waals surface area contributed by atoms with Crippen molar-refractivity contribution in [1.29, 1.82) is 0 Å². The van der Waals surface area contributed by atoms with Crippen molar-refractivity contribution in [3.8, 4) is 0 Å². The third-order valence-electron chi connectivity index (χ3n) is 4.30. The van der Waals surface area contributed by atoms with Crippen LogP contribution in [0.25, 0.3) is 0 Å². The molecule has 0 spiro atoms. The highest BCUT2D eigenvalue weighted by atomic mass is 79.9. The predicted molar refractivity (Wildman–Crippen MR) is 78.4 cm³/mol. The third-order valence-corrected chi connectivity index (χ3v) is 4.80. The van der Waals surface area contributed by atoms with E-state index in [1.54, 1.807) is 0 Å². The summed E-state index contributed by atoms with van der Waals surface area (Å²) in [6, 6.07) is 10.1. The molecule has 1 aromatic carbocycles. The second kappa shape index (κ2) is 5.32. The van der Waals surface area contributed by atoms with Crippen molar-refractivity contribution in [2.24, 2.45) is 11.7 Å². The highest BCUT2D eigenvalue weighted by molar-refractivity contribution is 9.10. The Labute approximate surface area is 118 Å². The topological polar surface area (TPSA) is 29.3 Å². The fraction of sp³-hybridized carbons (Fsp3) is 0.600. The van der Waals surface area contributed by atoms with E-state index in [1.807, 2.05) is 0 Å². The number of halogens is 1. The number of hydrogen-bond donors (Lipinski definition) is 1. The third kappa shape index (κ3) is 2.49. The van der Waals surface area contributed by atoms with E-state index in [4.69, 9.17) is 5.73 Å². The van der Waals surface area contributed by atoms with Gasteiger partial charge in [0.15, 0.2) is 0 Å². The maximum Gasteiger partial charge on any atom is 0.0391 e. The van der Waals surface area contributed by atoms with Gasteiger partial charge in [-0.2, -0.15) is 0 Å². The number of benzene rings is 1. The van der Waals surface area contributed by atoms with Crippen molar-refractivity contribution < 1.29 is 0 Å². The average molecular weight is 309 g/mol. The van der Waals surface area contributed by atoms with E-state index in [-0.39, 0.29) is 0 Å². The van der Waals surface area contributed by atoms with Crippen molar-refractivity contribution in [2.75, 3.05) is 13.1 Å². The minimum Gasteiger partial charge on any atom is -0.330 e. The van der Waals surface area contributed by atoms with Crippen molar-refractivity contribution in [2.45, 2.75) is 37.8 Å². The van der Waals surface area contributed by atoms with Crippen molar-refractivity contribution >= 4 is 15.9 Å². The van der Waals surface area contributed by atoms with Crippen LogP contribution in [-0.2, 0) is 0 Å². The van der Waals surface area contributed by atoms with Gasteiger partial charge in [-0.15, -0.1) is 0 Å². The monoisotopic (exact) mass is 308 g/mol. The molecule has 2 N–H and O–H groups in total. The fourth-order valence-corrected chi connectivity index (χ4v) is 3.74. The maximum absolute atomic E-state index is 6.01. The summed E-state index contributed by atoms with van der Waals surface area (Å²) in [6.07, 6.45) is 5.34. The molecule has 1 aliphatic carbocycles. The van der Waals surface area contributed by atoms with E-state index in [0.717, 1.165) is 12.6 Å². The van der Waals surface area contributed by atoms with Gasteiger partial charge in [0, 0.05) is 16.6 Å². The van der Waals surface area contributed by atoms with Crippen LogP contribution in [0.4, 0.5) is 0 Å². The van der Waals surface area contributed by atoms with Crippen LogP contribution in [0.15, 0.2) is 28.7 Å². The van der Waals surface area contributed by atoms with Crippen molar-refractivity contribution in [1.82, 2.24) is 4.90 Å². The highest BCUT2D eigenvalue weighted by Crippen LogP contribution is 2.42. The lowest BCUT2D eigenvalue weighted by molar-refractivity contribution is 0.0879. The number of rotatable bonds is 3. The first-order valence-corrected chi connectivity index (χ1v) is 7.80. The second-order valence-electron chi connectivity index (χ2n) is 5.61. The molecular formula is C15H21BrN2. The van der Waals surface area contributed by atoms with E-state index < -0.39 is 0 Å². The first kappa shape index (κ1) is 12.6. The standard InChI is InChI=1S/C15H21BrN2/c16-13-5-1-3-11(9-13)15-12(10-17)4-2-8-18(15)14-6-7-14/h1,3,5,9,12,14-15H,2,4,6-8,10,17H2. The van der Waals surface area contributed by atoms with Crippen LogP contribution in [0, 0.1) is 5.92 Å². The first-order chi connectivity index (χ1) is 8.79. The lowest BCUT2D eigenvalue weighted by atomic mass is 9.84. The maximum atomic E-state index is 6.01. The number of piperidine rings is 1. The van der Waals surface area contributed by atoms with Gasteiger partial charge >= 0.3 is 0 Å². The Kier molecular flexibility index (Phi) is 3.73.